The molecular weight excluding hydrogens is 250 g/mol. The molecule has 0 aliphatic heterocycles. The number of ether oxygens (including phenoxy) is 1. The summed E-state index contributed by atoms with van der Waals surface area (Å²) in [5, 5.41) is 13.2. The summed E-state index contributed by atoms with van der Waals surface area (Å²) in [5.41, 5.74) is 1.32. The van der Waals surface area contributed by atoms with Crippen LogP contribution in [-0.4, -0.2) is 30.9 Å². The summed E-state index contributed by atoms with van der Waals surface area (Å²) in [4.78, 5) is 0. The molecule has 20 heavy (non-hydrogen) atoms. The fourth-order valence-corrected chi connectivity index (χ4v) is 2.24. The van der Waals surface area contributed by atoms with Crippen molar-refractivity contribution in [3.05, 3.63) is 29.8 Å². The van der Waals surface area contributed by atoms with Gasteiger partial charge in [0.1, 0.15) is 5.75 Å². The van der Waals surface area contributed by atoms with Gasteiger partial charge in [-0.2, -0.15) is 0 Å². The van der Waals surface area contributed by atoms with Crippen LogP contribution in [0.5, 0.6) is 5.75 Å². The molecule has 1 rings (SSSR count). The first kappa shape index (κ1) is 17.0. The second-order valence-corrected chi connectivity index (χ2v) is 5.98. The molecule has 1 aromatic rings. The van der Waals surface area contributed by atoms with Gasteiger partial charge in [0.05, 0.1) is 13.2 Å². The fourth-order valence-electron chi connectivity index (χ4n) is 2.24. The monoisotopic (exact) mass is 279 g/mol. The Morgan fingerprint density at radius 2 is 1.80 bits per heavy atom. The molecule has 3 nitrogen and oxygen atoms in total. The summed E-state index contributed by atoms with van der Waals surface area (Å²) in [6.07, 6.45) is 2.73. The second-order valence-electron chi connectivity index (χ2n) is 5.98. The van der Waals surface area contributed by atoms with Crippen molar-refractivity contribution in [3.8, 4) is 5.75 Å². The van der Waals surface area contributed by atoms with E-state index in [2.05, 4.69) is 38.2 Å². The highest BCUT2D eigenvalue weighted by Gasteiger charge is 2.09. The Labute approximate surface area is 123 Å². The Balaban J connectivity index is 2.23. The zero-order valence-electron chi connectivity index (χ0n) is 13.2. The van der Waals surface area contributed by atoms with Gasteiger partial charge >= 0.3 is 0 Å². The number of aliphatic hydroxyl groups excluding tert-OH is 1. The Morgan fingerprint density at radius 1 is 1.15 bits per heavy atom. The number of aliphatic hydroxyl groups is 1. The lowest BCUT2D eigenvalue weighted by Gasteiger charge is -2.18. The third-order valence-corrected chi connectivity index (χ3v) is 3.47. The number of rotatable bonds is 9. The van der Waals surface area contributed by atoms with Crippen molar-refractivity contribution in [2.75, 3.05) is 13.7 Å². The molecule has 0 saturated heterocycles. The molecule has 0 amide bonds. The maximum Gasteiger partial charge on any atom is 0.118 e. The molecule has 0 heterocycles. The molecule has 3 heteroatoms. The van der Waals surface area contributed by atoms with E-state index in [9.17, 15) is 5.11 Å². The van der Waals surface area contributed by atoms with Crippen LogP contribution in [0.2, 0.25) is 0 Å². The summed E-state index contributed by atoms with van der Waals surface area (Å²) >= 11 is 0. The van der Waals surface area contributed by atoms with Crippen LogP contribution in [0.1, 0.15) is 39.2 Å². The Bertz CT molecular complexity index is 362. The topological polar surface area (TPSA) is 41.5 Å². The van der Waals surface area contributed by atoms with Crippen LogP contribution in [-0.2, 0) is 6.42 Å². The van der Waals surface area contributed by atoms with Gasteiger partial charge in [0.15, 0.2) is 0 Å². The summed E-state index contributed by atoms with van der Waals surface area (Å²) in [6, 6.07) is 8.64. The highest BCUT2D eigenvalue weighted by Crippen LogP contribution is 2.13. The van der Waals surface area contributed by atoms with Crippen molar-refractivity contribution in [2.24, 2.45) is 5.92 Å². The lowest BCUT2D eigenvalue weighted by Crippen LogP contribution is -2.34. The molecule has 0 spiro atoms. The number of hydrogen-bond acceptors (Lipinski definition) is 3. The molecule has 114 valence electrons. The van der Waals surface area contributed by atoms with Gasteiger partial charge in [0, 0.05) is 12.6 Å². The largest absolute Gasteiger partial charge is 0.497 e. The van der Waals surface area contributed by atoms with Crippen molar-refractivity contribution >= 4 is 0 Å². The van der Waals surface area contributed by atoms with Gasteiger partial charge in [-0.3, -0.25) is 0 Å². The molecule has 0 saturated carbocycles. The fraction of sp³-hybridized carbons (Fsp3) is 0.647. The van der Waals surface area contributed by atoms with E-state index in [0.29, 0.717) is 18.5 Å². The zero-order valence-corrected chi connectivity index (χ0v) is 13.2. The maximum atomic E-state index is 9.84. The number of hydrogen-bond donors (Lipinski definition) is 2. The van der Waals surface area contributed by atoms with Crippen LogP contribution >= 0.6 is 0 Å². The summed E-state index contributed by atoms with van der Waals surface area (Å²) in [5.74, 6) is 1.44. The van der Waals surface area contributed by atoms with E-state index in [0.717, 1.165) is 25.0 Å². The minimum atomic E-state index is -0.238. The summed E-state index contributed by atoms with van der Waals surface area (Å²) in [6.45, 7) is 7.13. The molecule has 2 atom stereocenters. The zero-order chi connectivity index (χ0) is 15.0. The molecule has 2 unspecified atom stereocenters. The van der Waals surface area contributed by atoms with Crippen LogP contribution in [0.15, 0.2) is 24.3 Å². The van der Waals surface area contributed by atoms with Crippen LogP contribution < -0.4 is 10.1 Å². The van der Waals surface area contributed by atoms with Gasteiger partial charge < -0.3 is 15.2 Å². The highest BCUT2D eigenvalue weighted by atomic mass is 16.5. The van der Waals surface area contributed by atoms with Crippen molar-refractivity contribution in [1.82, 2.24) is 5.32 Å². The number of aryl methyl sites for hydroxylation is 1. The second kappa shape index (κ2) is 8.98. The van der Waals surface area contributed by atoms with Crippen LogP contribution in [0, 0.1) is 5.92 Å². The van der Waals surface area contributed by atoms with Gasteiger partial charge in [-0.25, -0.2) is 0 Å². The average Bonchev–Trinajstić information content (AvgIpc) is 2.42. The smallest absolute Gasteiger partial charge is 0.118 e. The SMILES string of the molecule is COc1ccc(CCC(C)NCC(O)CC(C)C)cc1. The third kappa shape index (κ3) is 6.92. The first-order valence-corrected chi connectivity index (χ1v) is 7.55. The van der Waals surface area contributed by atoms with E-state index < -0.39 is 0 Å². The summed E-state index contributed by atoms with van der Waals surface area (Å²) in [7, 11) is 1.68. The first-order chi connectivity index (χ1) is 9.51. The van der Waals surface area contributed by atoms with Gasteiger partial charge in [-0.15, -0.1) is 0 Å². The van der Waals surface area contributed by atoms with E-state index >= 15 is 0 Å². The number of benzene rings is 1. The van der Waals surface area contributed by atoms with Gasteiger partial charge in [-0.05, 0) is 49.8 Å². The van der Waals surface area contributed by atoms with Crippen molar-refractivity contribution in [1.29, 1.82) is 0 Å². The molecular formula is C17H29NO2. The Morgan fingerprint density at radius 3 is 2.35 bits per heavy atom. The average molecular weight is 279 g/mol. The van der Waals surface area contributed by atoms with Crippen molar-refractivity contribution < 1.29 is 9.84 Å². The molecule has 0 aliphatic carbocycles. The predicted molar refractivity (Wildman–Crippen MR) is 84.2 cm³/mol. The molecule has 0 aliphatic rings. The van der Waals surface area contributed by atoms with Gasteiger partial charge in [-0.1, -0.05) is 26.0 Å². The highest BCUT2D eigenvalue weighted by molar-refractivity contribution is 5.27. The van der Waals surface area contributed by atoms with E-state index in [1.807, 2.05) is 12.1 Å². The summed E-state index contributed by atoms with van der Waals surface area (Å²) < 4.78 is 5.15. The van der Waals surface area contributed by atoms with E-state index in [4.69, 9.17) is 4.74 Å². The lowest BCUT2D eigenvalue weighted by atomic mass is 10.0. The lowest BCUT2D eigenvalue weighted by molar-refractivity contribution is 0.142. The maximum absolute atomic E-state index is 9.84. The van der Waals surface area contributed by atoms with E-state index in [-0.39, 0.29) is 6.10 Å². The van der Waals surface area contributed by atoms with Crippen LogP contribution in [0.25, 0.3) is 0 Å². The number of nitrogens with one attached hydrogen (secondary N) is 1. The van der Waals surface area contributed by atoms with Crippen LogP contribution in [0.3, 0.4) is 0 Å². The molecule has 0 bridgehead atoms. The van der Waals surface area contributed by atoms with E-state index in [1.165, 1.54) is 5.56 Å². The van der Waals surface area contributed by atoms with Crippen molar-refractivity contribution in [3.63, 3.8) is 0 Å². The predicted octanol–water partition coefficient (Wildman–Crippen LogP) is 3.01. The molecule has 0 radical (unpaired) electrons. The van der Waals surface area contributed by atoms with Crippen LogP contribution in [0.4, 0.5) is 0 Å². The van der Waals surface area contributed by atoms with E-state index in [1.54, 1.807) is 7.11 Å². The standard InChI is InChI=1S/C17H29NO2/c1-13(2)11-16(19)12-18-14(3)5-6-15-7-9-17(20-4)10-8-15/h7-10,13-14,16,18-19H,5-6,11-12H2,1-4H3. The Kier molecular flexibility index (Phi) is 7.63. The first-order valence-electron chi connectivity index (χ1n) is 7.55. The third-order valence-electron chi connectivity index (χ3n) is 3.47. The minimum Gasteiger partial charge on any atom is -0.497 e. The molecule has 0 aromatic heterocycles. The van der Waals surface area contributed by atoms with Gasteiger partial charge in [0.2, 0.25) is 0 Å². The minimum absolute atomic E-state index is 0.238. The normalized spacial score (nSPS) is 14.3. The van der Waals surface area contributed by atoms with Gasteiger partial charge in [0.25, 0.3) is 0 Å². The Hall–Kier alpha value is -1.06. The molecule has 2 N–H and O–H groups in total. The van der Waals surface area contributed by atoms with Crippen molar-refractivity contribution in [2.45, 2.75) is 52.2 Å². The quantitative estimate of drug-likeness (QED) is 0.730. The molecule has 1 aromatic carbocycles. The number of methoxy groups -OCH3 is 1. The molecule has 0 fully saturated rings.